The van der Waals surface area contributed by atoms with Crippen LogP contribution in [0.3, 0.4) is 0 Å². The Morgan fingerprint density at radius 3 is 2.62 bits per heavy atom. The van der Waals surface area contributed by atoms with E-state index in [0.717, 1.165) is 12.0 Å². The van der Waals surface area contributed by atoms with Gasteiger partial charge in [-0.2, -0.15) is 5.26 Å². The quantitative estimate of drug-likeness (QED) is 0.639. The Labute approximate surface area is 76.8 Å². The zero-order chi connectivity index (χ0) is 9.26. The first-order valence-electron chi connectivity index (χ1n) is 4.32. The van der Waals surface area contributed by atoms with Crippen LogP contribution in [0, 0.1) is 23.2 Å². The lowest BCUT2D eigenvalue weighted by atomic mass is 10.1. The topological polar surface area (TPSA) is 40.9 Å². The Kier molecular flexibility index (Phi) is 1.86. The maximum Gasteiger partial charge on any atom is 0.167 e. The largest absolute Gasteiger partial charge is 0.294 e. The Morgan fingerprint density at radius 1 is 1.38 bits per heavy atom. The standard InChI is InChI=1S/C11H9NO/c12-7-9-6-10(9)11(13)8-4-2-1-3-5-8/h1-5,9-10H,6H2/t9-,10-/m1/s1. The number of hydrogen-bond donors (Lipinski definition) is 0. The predicted molar refractivity (Wildman–Crippen MR) is 48.0 cm³/mol. The number of nitriles is 1. The molecular formula is C11H9NO. The van der Waals surface area contributed by atoms with Gasteiger partial charge in [0, 0.05) is 11.5 Å². The molecule has 0 amide bonds. The van der Waals surface area contributed by atoms with Crippen molar-refractivity contribution in [3.63, 3.8) is 0 Å². The summed E-state index contributed by atoms with van der Waals surface area (Å²) in [5.41, 5.74) is 0.727. The molecule has 0 unspecified atom stereocenters. The molecule has 0 heterocycles. The zero-order valence-corrected chi connectivity index (χ0v) is 7.10. The van der Waals surface area contributed by atoms with Gasteiger partial charge < -0.3 is 0 Å². The minimum atomic E-state index is -0.0348. The highest BCUT2D eigenvalue weighted by Gasteiger charge is 2.43. The van der Waals surface area contributed by atoms with Crippen molar-refractivity contribution in [1.82, 2.24) is 0 Å². The van der Waals surface area contributed by atoms with Crippen LogP contribution >= 0.6 is 0 Å². The average Bonchev–Trinajstić information content (AvgIpc) is 2.97. The molecule has 2 nitrogen and oxygen atoms in total. The summed E-state index contributed by atoms with van der Waals surface area (Å²) < 4.78 is 0. The Hall–Kier alpha value is -1.62. The van der Waals surface area contributed by atoms with Crippen molar-refractivity contribution in [3.05, 3.63) is 35.9 Å². The number of hydrogen-bond acceptors (Lipinski definition) is 2. The molecule has 0 bridgehead atoms. The van der Waals surface area contributed by atoms with Gasteiger partial charge in [0.15, 0.2) is 5.78 Å². The summed E-state index contributed by atoms with van der Waals surface area (Å²) in [4.78, 5) is 11.6. The summed E-state index contributed by atoms with van der Waals surface area (Å²) >= 11 is 0. The summed E-state index contributed by atoms with van der Waals surface area (Å²) in [7, 11) is 0. The minimum absolute atomic E-state index is 0.0345. The van der Waals surface area contributed by atoms with Crippen LogP contribution in [0.15, 0.2) is 30.3 Å². The van der Waals surface area contributed by atoms with Crippen molar-refractivity contribution < 1.29 is 4.79 Å². The molecule has 0 aliphatic heterocycles. The zero-order valence-electron chi connectivity index (χ0n) is 7.10. The van der Waals surface area contributed by atoms with E-state index in [4.69, 9.17) is 5.26 Å². The maximum absolute atomic E-state index is 11.6. The minimum Gasteiger partial charge on any atom is -0.294 e. The molecule has 1 fully saturated rings. The van der Waals surface area contributed by atoms with Gasteiger partial charge in [-0.3, -0.25) is 4.79 Å². The van der Waals surface area contributed by atoms with Crippen LogP contribution in [0.1, 0.15) is 16.8 Å². The fraction of sp³-hybridized carbons (Fsp3) is 0.273. The van der Waals surface area contributed by atoms with E-state index >= 15 is 0 Å². The van der Waals surface area contributed by atoms with E-state index in [9.17, 15) is 4.79 Å². The Bertz CT molecular complexity index is 363. The van der Waals surface area contributed by atoms with Crippen LogP contribution in [-0.2, 0) is 0 Å². The summed E-state index contributed by atoms with van der Waals surface area (Å²) in [6.45, 7) is 0. The van der Waals surface area contributed by atoms with E-state index in [1.165, 1.54) is 0 Å². The van der Waals surface area contributed by atoms with Crippen molar-refractivity contribution in [2.45, 2.75) is 6.42 Å². The smallest absolute Gasteiger partial charge is 0.167 e. The van der Waals surface area contributed by atoms with Crippen LogP contribution in [0.4, 0.5) is 0 Å². The summed E-state index contributed by atoms with van der Waals surface area (Å²) in [6, 6.07) is 11.3. The van der Waals surface area contributed by atoms with Crippen molar-refractivity contribution in [1.29, 1.82) is 5.26 Å². The van der Waals surface area contributed by atoms with Gasteiger partial charge in [-0.1, -0.05) is 30.3 Å². The molecule has 0 aromatic heterocycles. The molecule has 1 aromatic carbocycles. The van der Waals surface area contributed by atoms with Crippen LogP contribution in [0.5, 0.6) is 0 Å². The summed E-state index contributed by atoms with van der Waals surface area (Å²) in [5.74, 6) is 0.0484. The fourth-order valence-electron chi connectivity index (χ4n) is 1.44. The highest BCUT2D eigenvalue weighted by Crippen LogP contribution is 2.40. The third-order valence-electron chi connectivity index (χ3n) is 2.35. The number of nitrogens with zero attached hydrogens (tertiary/aromatic N) is 1. The van der Waals surface area contributed by atoms with Gasteiger partial charge in [0.1, 0.15) is 0 Å². The van der Waals surface area contributed by atoms with Crippen LogP contribution in [0.25, 0.3) is 0 Å². The monoisotopic (exact) mass is 171 g/mol. The number of rotatable bonds is 2. The van der Waals surface area contributed by atoms with E-state index in [0.29, 0.717) is 0 Å². The normalized spacial score (nSPS) is 24.8. The van der Waals surface area contributed by atoms with Gasteiger partial charge in [0.05, 0.1) is 12.0 Å². The van der Waals surface area contributed by atoms with Gasteiger partial charge in [-0.15, -0.1) is 0 Å². The lowest BCUT2D eigenvalue weighted by Crippen LogP contribution is -2.02. The molecule has 1 aliphatic rings. The molecule has 0 spiro atoms. The third kappa shape index (κ3) is 1.46. The first-order valence-corrected chi connectivity index (χ1v) is 4.32. The molecule has 1 saturated carbocycles. The van der Waals surface area contributed by atoms with E-state index < -0.39 is 0 Å². The van der Waals surface area contributed by atoms with Crippen LogP contribution < -0.4 is 0 Å². The third-order valence-corrected chi connectivity index (χ3v) is 2.35. The van der Waals surface area contributed by atoms with Crippen molar-refractivity contribution >= 4 is 5.78 Å². The molecule has 0 N–H and O–H groups in total. The predicted octanol–water partition coefficient (Wildman–Crippen LogP) is 2.03. The fourth-order valence-corrected chi connectivity index (χ4v) is 1.44. The highest BCUT2D eigenvalue weighted by atomic mass is 16.1. The van der Waals surface area contributed by atoms with E-state index in [1.54, 1.807) is 12.1 Å². The molecule has 1 aliphatic carbocycles. The Morgan fingerprint density at radius 2 is 2.08 bits per heavy atom. The van der Waals surface area contributed by atoms with Gasteiger partial charge >= 0.3 is 0 Å². The molecule has 13 heavy (non-hydrogen) atoms. The van der Waals surface area contributed by atoms with Gasteiger partial charge in [-0.25, -0.2) is 0 Å². The molecule has 1 aromatic rings. The lowest BCUT2D eigenvalue weighted by Gasteiger charge is -1.96. The number of carbonyl (C=O) groups excluding carboxylic acids is 1. The number of Topliss-reactive ketones (excluding diaryl/α,β-unsaturated/α-hetero) is 1. The van der Waals surface area contributed by atoms with Crippen molar-refractivity contribution in [3.8, 4) is 6.07 Å². The van der Waals surface area contributed by atoms with Gasteiger partial charge in [0.25, 0.3) is 0 Å². The van der Waals surface area contributed by atoms with E-state index in [-0.39, 0.29) is 17.6 Å². The second-order valence-corrected chi connectivity index (χ2v) is 3.31. The molecule has 0 radical (unpaired) electrons. The second kappa shape index (κ2) is 3.02. The van der Waals surface area contributed by atoms with E-state index in [2.05, 4.69) is 6.07 Å². The molecule has 0 saturated heterocycles. The van der Waals surface area contributed by atoms with E-state index in [1.807, 2.05) is 18.2 Å². The van der Waals surface area contributed by atoms with Crippen LogP contribution in [0.2, 0.25) is 0 Å². The van der Waals surface area contributed by atoms with Crippen LogP contribution in [-0.4, -0.2) is 5.78 Å². The summed E-state index contributed by atoms with van der Waals surface area (Å²) in [6.07, 6.45) is 0.740. The number of carbonyl (C=O) groups is 1. The number of benzene rings is 1. The van der Waals surface area contributed by atoms with Crippen molar-refractivity contribution in [2.75, 3.05) is 0 Å². The van der Waals surface area contributed by atoms with Crippen molar-refractivity contribution in [2.24, 2.45) is 11.8 Å². The lowest BCUT2D eigenvalue weighted by molar-refractivity contribution is 0.0964. The SMILES string of the molecule is N#C[C@H]1C[C@H]1C(=O)c1ccccc1. The summed E-state index contributed by atoms with van der Waals surface area (Å²) in [5, 5.41) is 8.57. The molecule has 64 valence electrons. The first kappa shape index (κ1) is 8.00. The molecular weight excluding hydrogens is 162 g/mol. The second-order valence-electron chi connectivity index (χ2n) is 3.31. The Balaban J connectivity index is 2.13. The first-order chi connectivity index (χ1) is 6.33. The molecule has 2 atom stereocenters. The molecule has 2 heteroatoms. The highest BCUT2D eigenvalue weighted by molar-refractivity contribution is 5.99. The maximum atomic E-state index is 11.6. The van der Waals surface area contributed by atoms with Gasteiger partial charge in [0.2, 0.25) is 0 Å². The number of ketones is 1. The average molecular weight is 171 g/mol. The molecule has 2 rings (SSSR count). The van der Waals surface area contributed by atoms with Gasteiger partial charge in [-0.05, 0) is 6.42 Å².